The highest BCUT2D eigenvalue weighted by Gasteiger charge is 2.11. The van der Waals surface area contributed by atoms with Crippen molar-refractivity contribution in [3.8, 4) is 22.8 Å². The lowest BCUT2D eigenvalue weighted by molar-refractivity contribution is 0.0953. The molecule has 0 radical (unpaired) electrons. The van der Waals surface area contributed by atoms with E-state index in [1.165, 1.54) is 12.8 Å². The first-order valence-corrected chi connectivity index (χ1v) is 12.0. The number of aryl methyl sites for hydroxylation is 1. The van der Waals surface area contributed by atoms with E-state index in [9.17, 15) is 4.79 Å². The van der Waals surface area contributed by atoms with E-state index < -0.39 is 0 Å². The minimum absolute atomic E-state index is 0.116. The van der Waals surface area contributed by atoms with Crippen molar-refractivity contribution in [2.45, 2.75) is 45.4 Å². The van der Waals surface area contributed by atoms with Gasteiger partial charge in [-0.15, -0.1) is 11.3 Å². The summed E-state index contributed by atoms with van der Waals surface area (Å²) in [5.41, 5.74) is 2.60. The van der Waals surface area contributed by atoms with Gasteiger partial charge >= 0.3 is 0 Å². The van der Waals surface area contributed by atoms with E-state index in [-0.39, 0.29) is 5.91 Å². The first kappa shape index (κ1) is 23.7. The van der Waals surface area contributed by atoms with Gasteiger partial charge in [-0.3, -0.25) is 9.78 Å². The number of ether oxygens (including phenoxy) is 2. The van der Waals surface area contributed by atoms with Gasteiger partial charge in [-0.25, -0.2) is 4.98 Å². The molecule has 0 spiro atoms. The van der Waals surface area contributed by atoms with Crippen LogP contribution in [0.3, 0.4) is 0 Å². The number of carbonyl (C=O) groups excluding carboxylic acids is 1. The Hall–Kier alpha value is -2.93. The molecule has 1 aromatic carbocycles. The Bertz CT molecular complexity index is 976. The van der Waals surface area contributed by atoms with Gasteiger partial charge in [-0.05, 0) is 43.2 Å². The van der Waals surface area contributed by atoms with Gasteiger partial charge in [-0.2, -0.15) is 0 Å². The van der Waals surface area contributed by atoms with Crippen molar-refractivity contribution in [2.75, 3.05) is 20.3 Å². The van der Waals surface area contributed by atoms with Gasteiger partial charge in [-0.1, -0.05) is 26.2 Å². The molecule has 0 atom stereocenters. The Kier molecular flexibility index (Phi) is 9.50. The van der Waals surface area contributed by atoms with Crippen molar-refractivity contribution in [1.82, 2.24) is 15.3 Å². The van der Waals surface area contributed by atoms with E-state index in [1.54, 1.807) is 43.0 Å². The second-order valence-corrected chi connectivity index (χ2v) is 8.44. The number of benzene rings is 1. The number of unbranched alkanes of at least 4 members (excludes halogenated alkanes) is 3. The van der Waals surface area contributed by atoms with Crippen molar-refractivity contribution in [3.63, 3.8) is 0 Å². The molecule has 0 unspecified atom stereocenters. The largest absolute Gasteiger partial charge is 0.493 e. The molecule has 2 aromatic heterocycles. The van der Waals surface area contributed by atoms with E-state index in [0.717, 1.165) is 41.9 Å². The number of thiazole rings is 1. The van der Waals surface area contributed by atoms with Gasteiger partial charge in [0.05, 0.1) is 24.4 Å². The molecule has 0 bridgehead atoms. The maximum Gasteiger partial charge on any atom is 0.251 e. The third kappa shape index (κ3) is 7.05. The average Bonchev–Trinajstić information content (AvgIpc) is 3.31. The maximum atomic E-state index is 12.5. The molecular weight excluding hydrogens is 422 g/mol. The molecule has 3 rings (SSSR count). The lowest BCUT2D eigenvalue weighted by Crippen LogP contribution is -2.24. The smallest absolute Gasteiger partial charge is 0.251 e. The van der Waals surface area contributed by atoms with Crippen molar-refractivity contribution in [3.05, 3.63) is 58.7 Å². The zero-order valence-electron chi connectivity index (χ0n) is 18.8. The topological polar surface area (TPSA) is 73.3 Å². The van der Waals surface area contributed by atoms with Crippen LogP contribution >= 0.6 is 11.3 Å². The summed E-state index contributed by atoms with van der Waals surface area (Å²) in [6, 6.07) is 9.23. The van der Waals surface area contributed by atoms with Gasteiger partial charge in [0.2, 0.25) is 0 Å². The molecule has 32 heavy (non-hydrogen) atoms. The van der Waals surface area contributed by atoms with Gasteiger partial charge in [0.1, 0.15) is 0 Å². The number of hydrogen-bond acceptors (Lipinski definition) is 6. The summed E-state index contributed by atoms with van der Waals surface area (Å²) in [4.78, 5) is 21.2. The van der Waals surface area contributed by atoms with E-state index in [1.807, 2.05) is 18.2 Å². The van der Waals surface area contributed by atoms with Crippen molar-refractivity contribution in [1.29, 1.82) is 0 Å². The Labute approximate surface area is 194 Å². The minimum Gasteiger partial charge on any atom is -0.493 e. The van der Waals surface area contributed by atoms with Crippen LogP contribution in [0.25, 0.3) is 11.3 Å². The van der Waals surface area contributed by atoms with Gasteiger partial charge in [0.15, 0.2) is 11.5 Å². The number of rotatable bonds is 13. The third-order valence-electron chi connectivity index (χ3n) is 5.06. The standard InChI is InChI=1S/C25H31N3O3S/c1-3-4-5-6-16-31-22-10-9-20(17-23(22)30-2)25(29)27-13-7-8-24-28-21(18-32-24)19-11-14-26-15-12-19/h9-12,14-15,17-18H,3-8,13,16H2,1-2H3,(H,27,29). The van der Waals surface area contributed by atoms with Gasteiger partial charge in [0.25, 0.3) is 5.91 Å². The summed E-state index contributed by atoms with van der Waals surface area (Å²) < 4.78 is 11.2. The molecule has 170 valence electrons. The molecule has 1 N–H and O–H groups in total. The number of nitrogens with zero attached hydrogens (tertiary/aromatic N) is 2. The number of amides is 1. The lowest BCUT2D eigenvalue weighted by Gasteiger charge is -2.12. The van der Waals surface area contributed by atoms with Gasteiger partial charge < -0.3 is 14.8 Å². The third-order valence-corrected chi connectivity index (χ3v) is 5.97. The summed E-state index contributed by atoms with van der Waals surface area (Å²) in [5.74, 6) is 1.14. The molecule has 0 aliphatic heterocycles. The number of nitrogens with one attached hydrogen (secondary N) is 1. The molecule has 7 heteroatoms. The molecule has 0 fully saturated rings. The van der Waals surface area contributed by atoms with Crippen LogP contribution < -0.4 is 14.8 Å². The highest BCUT2D eigenvalue weighted by molar-refractivity contribution is 7.09. The lowest BCUT2D eigenvalue weighted by atomic mass is 10.2. The highest BCUT2D eigenvalue weighted by Crippen LogP contribution is 2.28. The SMILES string of the molecule is CCCCCCOc1ccc(C(=O)NCCCc2nc(-c3ccncc3)cs2)cc1OC. The molecule has 3 aromatic rings. The van der Waals surface area contributed by atoms with Crippen LogP contribution in [0.4, 0.5) is 0 Å². The fraction of sp³-hybridized carbons (Fsp3) is 0.400. The first-order valence-electron chi connectivity index (χ1n) is 11.1. The Balaban J connectivity index is 1.44. The minimum atomic E-state index is -0.116. The number of pyridine rings is 1. The highest BCUT2D eigenvalue weighted by atomic mass is 32.1. The van der Waals surface area contributed by atoms with E-state index in [0.29, 0.717) is 30.2 Å². The summed E-state index contributed by atoms with van der Waals surface area (Å²) >= 11 is 1.64. The maximum absolute atomic E-state index is 12.5. The summed E-state index contributed by atoms with van der Waals surface area (Å²) in [6.45, 7) is 3.43. The number of carbonyl (C=O) groups is 1. The van der Waals surface area contributed by atoms with E-state index in [4.69, 9.17) is 9.47 Å². The summed E-state index contributed by atoms with van der Waals surface area (Å²) in [6.07, 6.45) is 9.77. The molecule has 1 amide bonds. The normalized spacial score (nSPS) is 10.7. The molecule has 2 heterocycles. The number of aromatic nitrogens is 2. The molecule has 0 saturated heterocycles. The first-order chi connectivity index (χ1) is 15.7. The van der Waals surface area contributed by atoms with Crippen LogP contribution in [-0.4, -0.2) is 36.1 Å². The van der Waals surface area contributed by atoms with Crippen molar-refractivity contribution >= 4 is 17.2 Å². The second-order valence-electron chi connectivity index (χ2n) is 7.50. The number of hydrogen-bond donors (Lipinski definition) is 1. The predicted octanol–water partition coefficient (Wildman–Crippen LogP) is 5.54. The summed E-state index contributed by atoms with van der Waals surface area (Å²) in [7, 11) is 1.59. The van der Waals surface area contributed by atoms with Crippen LogP contribution in [0, 0.1) is 0 Å². The molecule has 0 aliphatic carbocycles. The predicted molar refractivity (Wildman–Crippen MR) is 129 cm³/mol. The monoisotopic (exact) mass is 453 g/mol. The summed E-state index contributed by atoms with van der Waals surface area (Å²) in [5, 5.41) is 6.10. The van der Waals surface area contributed by atoms with Crippen LogP contribution in [0.15, 0.2) is 48.1 Å². The quantitative estimate of drug-likeness (QED) is 0.344. The van der Waals surface area contributed by atoms with Crippen molar-refractivity contribution < 1.29 is 14.3 Å². The molecule has 6 nitrogen and oxygen atoms in total. The fourth-order valence-corrected chi connectivity index (χ4v) is 4.11. The van der Waals surface area contributed by atoms with Gasteiger partial charge in [0, 0.05) is 41.9 Å². The Morgan fingerprint density at radius 3 is 2.69 bits per heavy atom. The Morgan fingerprint density at radius 2 is 1.91 bits per heavy atom. The fourth-order valence-electron chi connectivity index (χ4n) is 3.26. The zero-order valence-corrected chi connectivity index (χ0v) is 19.6. The van der Waals surface area contributed by atoms with Crippen molar-refractivity contribution in [2.24, 2.45) is 0 Å². The van der Waals surface area contributed by atoms with Crippen LogP contribution in [0.2, 0.25) is 0 Å². The van der Waals surface area contributed by atoms with E-state index in [2.05, 4.69) is 27.6 Å². The van der Waals surface area contributed by atoms with Crippen LogP contribution in [-0.2, 0) is 6.42 Å². The Morgan fingerprint density at radius 1 is 1.06 bits per heavy atom. The van der Waals surface area contributed by atoms with Crippen LogP contribution in [0.5, 0.6) is 11.5 Å². The average molecular weight is 454 g/mol. The molecular formula is C25H31N3O3S. The van der Waals surface area contributed by atoms with Crippen LogP contribution in [0.1, 0.15) is 54.4 Å². The second kappa shape index (κ2) is 12.8. The zero-order chi connectivity index (χ0) is 22.6. The molecule has 0 aliphatic rings. The number of methoxy groups -OCH3 is 1. The van der Waals surface area contributed by atoms with E-state index >= 15 is 0 Å². The molecule has 0 saturated carbocycles.